The number of nitriles is 1. The lowest BCUT2D eigenvalue weighted by Crippen LogP contribution is -2.31. The van der Waals surface area contributed by atoms with Gasteiger partial charge in [-0.25, -0.2) is 0 Å². The van der Waals surface area contributed by atoms with Crippen LogP contribution >= 0.6 is 0 Å². The van der Waals surface area contributed by atoms with Crippen molar-refractivity contribution in [3.05, 3.63) is 23.8 Å². The summed E-state index contributed by atoms with van der Waals surface area (Å²) in [5, 5.41) is 8.99. The molecule has 0 spiro atoms. The van der Waals surface area contributed by atoms with Gasteiger partial charge in [0.2, 0.25) is 0 Å². The molecule has 0 unspecified atom stereocenters. The van der Waals surface area contributed by atoms with Crippen molar-refractivity contribution < 1.29 is 0 Å². The van der Waals surface area contributed by atoms with Gasteiger partial charge in [-0.1, -0.05) is 27.7 Å². The summed E-state index contributed by atoms with van der Waals surface area (Å²) in [6, 6.07) is 7.65. The molecule has 0 atom stereocenters. The van der Waals surface area contributed by atoms with E-state index in [9.17, 15) is 0 Å². The molecule has 3 nitrogen and oxygen atoms in total. The molecule has 0 amide bonds. The molecule has 0 aromatic heterocycles. The number of hydrogen-bond acceptors (Lipinski definition) is 3. The van der Waals surface area contributed by atoms with E-state index in [4.69, 9.17) is 11.0 Å². The second-order valence-electron chi connectivity index (χ2n) is 5.58. The molecule has 0 bridgehead atoms. The maximum absolute atomic E-state index is 8.99. The van der Waals surface area contributed by atoms with Gasteiger partial charge in [0.05, 0.1) is 23.0 Å². The number of nitrogens with two attached hydrogens (primary N) is 1. The van der Waals surface area contributed by atoms with Gasteiger partial charge >= 0.3 is 0 Å². The molecular weight excluding hydrogens is 222 g/mol. The molecule has 0 radical (unpaired) electrons. The van der Waals surface area contributed by atoms with Crippen LogP contribution in [-0.4, -0.2) is 13.1 Å². The van der Waals surface area contributed by atoms with Crippen LogP contribution in [0.25, 0.3) is 0 Å². The average molecular weight is 245 g/mol. The number of anilines is 2. The molecule has 1 rings (SSSR count). The third kappa shape index (κ3) is 3.96. The summed E-state index contributed by atoms with van der Waals surface area (Å²) in [6.07, 6.45) is 0. The third-order valence-corrected chi connectivity index (χ3v) is 2.67. The Morgan fingerprint density at radius 2 is 1.72 bits per heavy atom. The van der Waals surface area contributed by atoms with E-state index in [2.05, 4.69) is 38.7 Å². The summed E-state index contributed by atoms with van der Waals surface area (Å²) in [6.45, 7) is 10.7. The van der Waals surface area contributed by atoms with Gasteiger partial charge in [0, 0.05) is 13.1 Å². The van der Waals surface area contributed by atoms with E-state index in [1.54, 1.807) is 6.07 Å². The van der Waals surface area contributed by atoms with Crippen LogP contribution in [0.15, 0.2) is 18.2 Å². The van der Waals surface area contributed by atoms with Crippen molar-refractivity contribution in [2.75, 3.05) is 23.7 Å². The lowest BCUT2D eigenvalue weighted by atomic mass is 10.1. The molecular formula is C15H23N3. The lowest BCUT2D eigenvalue weighted by molar-refractivity contribution is 0.553. The summed E-state index contributed by atoms with van der Waals surface area (Å²) < 4.78 is 0. The Labute approximate surface area is 110 Å². The van der Waals surface area contributed by atoms with E-state index in [1.165, 1.54) is 0 Å². The highest BCUT2D eigenvalue weighted by atomic mass is 15.1. The van der Waals surface area contributed by atoms with Gasteiger partial charge in [0.25, 0.3) is 0 Å². The molecule has 0 fully saturated rings. The number of nitrogen functional groups attached to an aromatic ring is 1. The van der Waals surface area contributed by atoms with Crippen LogP contribution in [0.2, 0.25) is 0 Å². The lowest BCUT2D eigenvalue weighted by Gasteiger charge is -2.29. The first-order valence-electron chi connectivity index (χ1n) is 6.48. The highest BCUT2D eigenvalue weighted by Gasteiger charge is 2.13. The van der Waals surface area contributed by atoms with Gasteiger partial charge in [-0.2, -0.15) is 5.26 Å². The third-order valence-electron chi connectivity index (χ3n) is 2.67. The molecule has 0 saturated carbocycles. The van der Waals surface area contributed by atoms with Gasteiger partial charge in [-0.15, -0.1) is 0 Å². The van der Waals surface area contributed by atoms with Crippen molar-refractivity contribution in [2.24, 2.45) is 11.8 Å². The standard InChI is InChI=1S/C15H23N3/c1-11(2)9-18(10-12(3)4)15-7-13(8-16)5-6-14(15)17/h5-7,11-12H,9-10,17H2,1-4H3. The van der Waals surface area contributed by atoms with Crippen LogP contribution in [0.4, 0.5) is 11.4 Å². The van der Waals surface area contributed by atoms with Crippen LogP contribution in [0.3, 0.4) is 0 Å². The van der Waals surface area contributed by atoms with Crippen LogP contribution in [0.5, 0.6) is 0 Å². The van der Waals surface area contributed by atoms with Crippen molar-refractivity contribution in [3.8, 4) is 6.07 Å². The second kappa shape index (κ2) is 6.30. The normalized spacial score (nSPS) is 10.7. The van der Waals surface area contributed by atoms with Gasteiger partial charge in [-0.05, 0) is 30.0 Å². The minimum Gasteiger partial charge on any atom is -0.397 e. The molecule has 0 aliphatic carbocycles. The first-order valence-corrected chi connectivity index (χ1v) is 6.48. The Morgan fingerprint density at radius 1 is 1.17 bits per heavy atom. The van der Waals surface area contributed by atoms with Crippen molar-refractivity contribution in [2.45, 2.75) is 27.7 Å². The van der Waals surface area contributed by atoms with Crippen molar-refractivity contribution >= 4 is 11.4 Å². The fraction of sp³-hybridized carbons (Fsp3) is 0.533. The number of nitrogens with zero attached hydrogens (tertiary/aromatic N) is 2. The zero-order chi connectivity index (χ0) is 13.7. The van der Waals surface area contributed by atoms with Gasteiger partial charge in [-0.3, -0.25) is 0 Å². The fourth-order valence-electron chi connectivity index (χ4n) is 2.04. The van der Waals surface area contributed by atoms with Gasteiger partial charge < -0.3 is 10.6 Å². The summed E-state index contributed by atoms with van der Waals surface area (Å²) >= 11 is 0. The minimum absolute atomic E-state index is 0.564. The van der Waals surface area contributed by atoms with Crippen molar-refractivity contribution in [1.29, 1.82) is 5.26 Å². The Bertz CT molecular complexity index is 420. The molecule has 0 heterocycles. The summed E-state index contributed by atoms with van der Waals surface area (Å²) in [5.74, 6) is 1.13. The monoisotopic (exact) mass is 245 g/mol. The van der Waals surface area contributed by atoms with Crippen LogP contribution in [0.1, 0.15) is 33.3 Å². The highest BCUT2D eigenvalue weighted by Crippen LogP contribution is 2.26. The average Bonchev–Trinajstić information content (AvgIpc) is 2.27. The van der Waals surface area contributed by atoms with E-state index in [0.29, 0.717) is 17.4 Å². The van der Waals surface area contributed by atoms with E-state index in [-0.39, 0.29) is 0 Å². The minimum atomic E-state index is 0.564. The molecule has 1 aromatic carbocycles. The van der Waals surface area contributed by atoms with Crippen molar-refractivity contribution in [1.82, 2.24) is 0 Å². The largest absolute Gasteiger partial charge is 0.397 e. The predicted octanol–water partition coefficient (Wildman–Crippen LogP) is 3.26. The number of benzene rings is 1. The molecule has 2 N–H and O–H groups in total. The molecule has 0 aliphatic rings. The Kier molecular flexibility index (Phi) is 5.03. The van der Waals surface area contributed by atoms with Crippen molar-refractivity contribution in [3.63, 3.8) is 0 Å². The fourth-order valence-corrected chi connectivity index (χ4v) is 2.04. The molecule has 0 aliphatic heterocycles. The zero-order valence-electron chi connectivity index (χ0n) is 11.8. The molecule has 3 heteroatoms. The Morgan fingerprint density at radius 3 is 2.17 bits per heavy atom. The number of hydrogen-bond donors (Lipinski definition) is 1. The van der Waals surface area contributed by atoms with E-state index >= 15 is 0 Å². The van der Waals surface area contributed by atoms with Gasteiger partial charge in [0.15, 0.2) is 0 Å². The van der Waals surface area contributed by atoms with E-state index in [1.807, 2.05) is 12.1 Å². The Hall–Kier alpha value is -1.69. The highest BCUT2D eigenvalue weighted by molar-refractivity contribution is 5.69. The molecule has 1 aromatic rings. The molecule has 98 valence electrons. The molecule has 18 heavy (non-hydrogen) atoms. The summed E-state index contributed by atoms with van der Waals surface area (Å²) in [5.41, 5.74) is 8.44. The zero-order valence-corrected chi connectivity index (χ0v) is 11.8. The van der Waals surface area contributed by atoms with Gasteiger partial charge in [0.1, 0.15) is 0 Å². The quantitative estimate of drug-likeness (QED) is 0.810. The van der Waals surface area contributed by atoms with Crippen LogP contribution in [0, 0.1) is 23.2 Å². The van der Waals surface area contributed by atoms with Crippen LogP contribution in [-0.2, 0) is 0 Å². The van der Waals surface area contributed by atoms with E-state index < -0.39 is 0 Å². The summed E-state index contributed by atoms with van der Waals surface area (Å²) in [4.78, 5) is 2.28. The SMILES string of the molecule is CC(C)CN(CC(C)C)c1cc(C#N)ccc1N. The Balaban J connectivity index is 3.07. The second-order valence-corrected chi connectivity index (χ2v) is 5.58. The maximum Gasteiger partial charge on any atom is 0.0992 e. The van der Waals surface area contributed by atoms with Crippen LogP contribution < -0.4 is 10.6 Å². The molecule has 0 saturated heterocycles. The maximum atomic E-state index is 8.99. The van der Waals surface area contributed by atoms with E-state index in [0.717, 1.165) is 24.5 Å². The smallest absolute Gasteiger partial charge is 0.0992 e. The first kappa shape index (κ1) is 14.4. The summed E-state index contributed by atoms with van der Waals surface area (Å²) in [7, 11) is 0. The number of rotatable bonds is 5. The predicted molar refractivity (Wildman–Crippen MR) is 77.5 cm³/mol. The first-order chi connectivity index (χ1) is 8.43. The topological polar surface area (TPSA) is 53.0 Å².